The number of amides is 1. The zero-order valence-electron chi connectivity index (χ0n) is 12.4. The van der Waals surface area contributed by atoms with Crippen molar-refractivity contribution in [1.82, 2.24) is 14.8 Å². The number of para-hydroxylation sites is 1. The van der Waals surface area contributed by atoms with Gasteiger partial charge in [-0.25, -0.2) is 4.39 Å². The van der Waals surface area contributed by atoms with Crippen LogP contribution in [0.15, 0.2) is 29.4 Å². The molecule has 1 aromatic heterocycles. The molecule has 1 heterocycles. The van der Waals surface area contributed by atoms with E-state index in [2.05, 4.69) is 15.5 Å². The third-order valence-electron chi connectivity index (χ3n) is 3.10. The van der Waals surface area contributed by atoms with E-state index in [9.17, 15) is 9.18 Å². The molecule has 0 aliphatic rings. The summed E-state index contributed by atoms with van der Waals surface area (Å²) in [5.41, 5.74) is 5.97. The molecule has 0 aliphatic heterocycles. The first-order valence-corrected chi connectivity index (χ1v) is 7.95. The minimum Gasteiger partial charge on any atom is -0.368 e. The van der Waals surface area contributed by atoms with E-state index in [1.807, 2.05) is 13.8 Å². The molecule has 6 nitrogen and oxygen atoms in total. The molecule has 2 aromatic rings. The van der Waals surface area contributed by atoms with Crippen molar-refractivity contribution in [3.05, 3.63) is 30.1 Å². The number of benzene rings is 1. The Morgan fingerprint density at radius 1 is 1.41 bits per heavy atom. The van der Waals surface area contributed by atoms with Crippen LogP contribution in [0.5, 0.6) is 0 Å². The lowest BCUT2D eigenvalue weighted by atomic mass is 10.2. The Morgan fingerprint density at radius 2 is 2.14 bits per heavy atom. The van der Waals surface area contributed by atoms with E-state index in [-0.39, 0.29) is 17.5 Å². The van der Waals surface area contributed by atoms with Gasteiger partial charge in [-0.05, 0) is 24.3 Å². The van der Waals surface area contributed by atoms with E-state index < -0.39 is 11.9 Å². The van der Waals surface area contributed by atoms with Crippen LogP contribution < -0.4 is 11.1 Å². The first kappa shape index (κ1) is 16.3. The Balaban J connectivity index is 2.26. The van der Waals surface area contributed by atoms with Crippen LogP contribution in [0.3, 0.4) is 0 Å². The fraction of sp³-hybridized carbons (Fsp3) is 0.357. The lowest BCUT2D eigenvalue weighted by Crippen LogP contribution is -2.27. The molecule has 0 bridgehead atoms. The summed E-state index contributed by atoms with van der Waals surface area (Å²) in [4.78, 5) is 12.5. The van der Waals surface area contributed by atoms with Crippen LogP contribution in [0.2, 0.25) is 0 Å². The van der Waals surface area contributed by atoms with Gasteiger partial charge in [0, 0.05) is 0 Å². The number of nitrogens with one attached hydrogen (secondary N) is 1. The number of anilines is 2. The smallest absolute Gasteiger partial charge is 0.247 e. The SMILES string of the molecule is CCSc1nnc(N)n1C(CC)C(=O)Nc1ccccc1F. The normalized spacial score (nSPS) is 12.1. The number of carbonyl (C=O) groups excluding carboxylic acids is 1. The first-order valence-electron chi connectivity index (χ1n) is 6.97. The predicted molar refractivity (Wildman–Crippen MR) is 85.2 cm³/mol. The van der Waals surface area contributed by atoms with Crippen LogP contribution in [-0.2, 0) is 4.79 Å². The second-order valence-electron chi connectivity index (χ2n) is 4.54. The van der Waals surface area contributed by atoms with Crippen LogP contribution >= 0.6 is 11.8 Å². The van der Waals surface area contributed by atoms with Crippen molar-refractivity contribution in [2.24, 2.45) is 0 Å². The van der Waals surface area contributed by atoms with Gasteiger partial charge in [0.05, 0.1) is 5.69 Å². The maximum absolute atomic E-state index is 13.7. The topological polar surface area (TPSA) is 85.8 Å². The van der Waals surface area contributed by atoms with Crippen LogP contribution in [-0.4, -0.2) is 26.4 Å². The van der Waals surface area contributed by atoms with E-state index in [1.54, 1.807) is 16.7 Å². The summed E-state index contributed by atoms with van der Waals surface area (Å²) >= 11 is 1.45. The molecule has 1 aromatic carbocycles. The Kier molecular flexibility index (Phi) is 5.37. The number of aromatic nitrogens is 3. The minimum atomic E-state index is -0.594. The summed E-state index contributed by atoms with van der Waals surface area (Å²) in [5.74, 6) is 0.123. The second-order valence-corrected chi connectivity index (χ2v) is 5.77. The van der Waals surface area contributed by atoms with Crippen molar-refractivity contribution in [3.8, 4) is 0 Å². The van der Waals surface area contributed by atoms with Gasteiger partial charge in [0.25, 0.3) is 0 Å². The van der Waals surface area contributed by atoms with Gasteiger partial charge in [0.1, 0.15) is 11.9 Å². The van der Waals surface area contributed by atoms with Crippen LogP contribution in [0.25, 0.3) is 0 Å². The highest BCUT2D eigenvalue weighted by Crippen LogP contribution is 2.26. The van der Waals surface area contributed by atoms with Crippen molar-refractivity contribution < 1.29 is 9.18 Å². The van der Waals surface area contributed by atoms with E-state index in [0.717, 1.165) is 5.75 Å². The third-order valence-corrected chi connectivity index (χ3v) is 3.92. The highest BCUT2D eigenvalue weighted by atomic mass is 32.2. The average Bonchev–Trinajstić information content (AvgIpc) is 2.85. The van der Waals surface area contributed by atoms with Crippen molar-refractivity contribution in [2.75, 3.05) is 16.8 Å². The Morgan fingerprint density at radius 3 is 2.77 bits per heavy atom. The number of halogens is 1. The summed E-state index contributed by atoms with van der Waals surface area (Å²) in [7, 11) is 0. The van der Waals surface area contributed by atoms with E-state index >= 15 is 0 Å². The Labute approximate surface area is 132 Å². The molecule has 0 spiro atoms. The molecule has 0 saturated heterocycles. The molecule has 2 rings (SSSR count). The number of hydrogen-bond donors (Lipinski definition) is 2. The number of carbonyl (C=O) groups is 1. The van der Waals surface area contributed by atoms with Gasteiger partial charge in [-0.2, -0.15) is 0 Å². The standard InChI is InChI=1S/C14H18FN5OS/c1-3-11(20-13(16)18-19-14(20)22-4-2)12(21)17-10-8-6-5-7-9(10)15/h5-8,11H,3-4H2,1-2H3,(H2,16,18)(H,17,21). The van der Waals surface area contributed by atoms with E-state index in [0.29, 0.717) is 11.6 Å². The fourth-order valence-electron chi connectivity index (χ4n) is 2.07. The Bertz CT molecular complexity index is 660. The summed E-state index contributed by atoms with van der Waals surface area (Å²) in [6.07, 6.45) is 0.486. The molecule has 0 saturated carbocycles. The number of rotatable bonds is 6. The van der Waals surface area contributed by atoms with Gasteiger partial charge < -0.3 is 11.1 Å². The van der Waals surface area contributed by atoms with Gasteiger partial charge >= 0.3 is 0 Å². The monoisotopic (exact) mass is 323 g/mol. The molecule has 0 aliphatic carbocycles. The summed E-state index contributed by atoms with van der Waals surface area (Å²) in [6.45, 7) is 3.83. The van der Waals surface area contributed by atoms with Crippen molar-refractivity contribution in [1.29, 1.82) is 0 Å². The highest BCUT2D eigenvalue weighted by molar-refractivity contribution is 7.99. The van der Waals surface area contributed by atoms with Gasteiger partial charge in [-0.3, -0.25) is 9.36 Å². The molecule has 1 atom stereocenters. The Hall–Kier alpha value is -2.09. The van der Waals surface area contributed by atoms with Crippen molar-refractivity contribution in [3.63, 3.8) is 0 Å². The molecule has 8 heteroatoms. The molecule has 22 heavy (non-hydrogen) atoms. The van der Waals surface area contributed by atoms with Gasteiger partial charge in [-0.15, -0.1) is 10.2 Å². The minimum absolute atomic E-state index is 0.141. The molecule has 1 unspecified atom stereocenters. The van der Waals surface area contributed by atoms with Gasteiger partial charge in [0.2, 0.25) is 11.9 Å². The quantitative estimate of drug-likeness (QED) is 0.798. The molecule has 0 radical (unpaired) electrons. The third kappa shape index (κ3) is 3.38. The number of nitrogens with zero attached hydrogens (tertiary/aromatic N) is 3. The number of nitrogens with two attached hydrogens (primary N) is 1. The maximum atomic E-state index is 13.7. The molecular formula is C14H18FN5OS. The van der Waals surface area contributed by atoms with E-state index in [1.165, 1.54) is 23.9 Å². The fourth-order valence-corrected chi connectivity index (χ4v) is 2.79. The van der Waals surface area contributed by atoms with Crippen LogP contribution in [0, 0.1) is 5.82 Å². The zero-order valence-corrected chi connectivity index (χ0v) is 13.2. The van der Waals surface area contributed by atoms with Gasteiger partial charge in [-0.1, -0.05) is 37.7 Å². The molecule has 118 valence electrons. The molecule has 0 fully saturated rings. The van der Waals surface area contributed by atoms with Crippen molar-refractivity contribution >= 4 is 29.3 Å². The predicted octanol–water partition coefficient (Wildman–Crippen LogP) is 2.70. The largest absolute Gasteiger partial charge is 0.368 e. The number of nitrogen functional groups attached to an aromatic ring is 1. The van der Waals surface area contributed by atoms with E-state index in [4.69, 9.17) is 5.73 Å². The molecule has 1 amide bonds. The molecular weight excluding hydrogens is 305 g/mol. The maximum Gasteiger partial charge on any atom is 0.247 e. The number of thioether (sulfide) groups is 1. The first-order chi connectivity index (χ1) is 10.6. The van der Waals surface area contributed by atoms with Crippen molar-refractivity contribution in [2.45, 2.75) is 31.5 Å². The average molecular weight is 323 g/mol. The summed E-state index contributed by atoms with van der Waals surface area (Å²) < 4.78 is 15.3. The highest BCUT2D eigenvalue weighted by Gasteiger charge is 2.25. The second kappa shape index (κ2) is 7.26. The summed E-state index contributed by atoms with van der Waals surface area (Å²) in [5, 5.41) is 11.0. The zero-order chi connectivity index (χ0) is 16.1. The lowest BCUT2D eigenvalue weighted by Gasteiger charge is -2.19. The van der Waals surface area contributed by atoms with Crippen LogP contribution in [0.1, 0.15) is 26.3 Å². The number of hydrogen-bond acceptors (Lipinski definition) is 5. The molecule has 3 N–H and O–H groups in total. The summed E-state index contributed by atoms with van der Waals surface area (Å²) in [6, 6.07) is 5.43. The lowest BCUT2D eigenvalue weighted by molar-refractivity contribution is -0.119. The van der Waals surface area contributed by atoms with Gasteiger partial charge in [0.15, 0.2) is 5.16 Å². The van der Waals surface area contributed by atoms with Crippen LogP contribution in [0.4, 0.5) is 16.0 Å².